The monoisotopic (exact) mass is 228 g/mol. The Balaban J connectivity index is 2.38. The van der Waals surface area contributed by atoms with Gasteiger partial charge in [0.1, 0.15) is 0 Å². The minimum Gasteiger partial charge on any atom is -0.450 e. The third-order valence-electron chi connectivity index (χ3n) is 2.91. The summed E-state index contributed by atoms with van der Waals surface area (Å²) in [5.41, 5.74) is 0. The maximum Gasteiger partial charge on any atom is 0.409 e. The van der Waals surface area contributed by atoms with Gasteiger partial charge in [0.25, 0.3) is 0 Å². The van der Waals surface area contributed by atoms with E-state index in [1.807, 2.05) is 11.8 Å². The molecule has 4 heteroatoms. The highest BCUT2D eigenvalue weighted by Gasteiger charge is 2.21. The number of ether oxygens (including phenoxy) is 1. The highest BCUT2D eigenvalue weighted by Crippen LogP contribution is 2.09. The zero-order valence-corrected chi connectivity index (χ0v) is 10.5. The summed E-state index contributed by atoms with van der Waals surface area (Å²) in [4.78, 5) is 13.6. The molecule has 1 aliphatic rings. The second-order valence-corrected chi connectivity index (χ2v) is 4.29. The minimum absolute atomic E-state index is 0.162. The van der Waals surface area contributed by atoms with E-state index in [0.29, 0.717) is 12.6 Å². The van der Waals surface area contributed by atoms with Crippen molar-refractivity contribution >= 4 is 6.09 Å². The molecule has 0 bridgehead atoms. The van der Waals surface area contributed by atoms with Crippen LogP contribution >= 0.6 is 0 Å². The fraction of sp³-hybridized carbons (Fsp3) is 0.917. The van der Waals surface area contributed by atoms with Crippen molar-refractivity contribution in [3.05, 3.63) is 0 Å². The van der Waals surface area contributed by atoms with Crippen LogP contribution in [-0.4, -0.2) is 43.3 Å². The normalized spacial score (nSPS) is 19.8. The first-order chi connectivity index (χ1) is 7.77. The summed E-state index contributed by atoms with van der Waals surface area (Å²) in [7, 11) is 0. The van der Waals surface area contributed by atoms with Gasteiger partial charge in [-0.15, -0.1) is 0 Å². The topological polar surface area (TPSA) is 41.6 Å². The van der Waals surface area contributed by atoms with Crippen molar-refractivity contribution < 1.29 is 9.53 Å². The van der Waals surface area contributed by atoms with Gasteiger partial charge < -0.3 is 15.0 Å². The molecule has 0 aromatic heterocycles. The Labute approximate surface area is 98.3 Å². The van der Waals surface area contributed by atoms with Crippen LogP contribution in [0.4, 0.5) is 4.79 Å². The average Bonchev–Trinajstić information content (AvgIpc) is 2.77. The van der Waals surface area contributed by atoms with Gasteiger partial charge in [-0.3, -0.25) is 0 Å². The summed E-state index contributed by atoms with van der Waals surface area (Å²) in [6, 6.07) is 0.460. The summed E-state index contributed by atoms with van der Waals surface area (Å²) in [5.74, 6) is 0. The third kappa shape index (κ3) is 4.39. The molecule has 1 fully saturated rings. The molecule has 1 atom stereocenters. The molecule has 0 spiro atoms. The van der Waals surface area contributed by atoms with Crippen LogP contribution in [0.5, 0.6) is 0 Å². The van der Waals surface area contributed by atoms with Crippen molar-refractivity contribution in [2.45, 2.75) is 45.6 Å². The van der Waals surface area contributed by atoms with E-state index in [1.165, 1.54) is 12.8 Å². The molecular weight excluding hydrogens is 204 g/mol. The van der Waals surface area contributed by atoms with Gasteiger partial charge in [0.05, 0.1) is 6.61 Å². The zero-order chi connectivity index (χ0) is 11.8. The van der Waals surface area contributed by atoms with Crippen molar-refractivity contribution in [1.29, 1.82) is 0 Å². The molecule has 1 saturated heterocycles. The summed E-state index contributed by atoms with van der Waals surface area (Å²) in [6.07, 6.45) is 4.38. The fourth-order valence-electron chi connectivity index (χ4n) is 2.00. The molecule has 0 aromatic carbocycles. The van der Waals surface area contributed by atoms with Crippen LogP contribution < -0.4 is 5.32 Å². The van der Waals surface area contributed by atoms with Crippen LogP contribution in [0.3, 0.4) is 0 Å². The second kappa shape index (κ2) is 7.49. The van der Waals surface area contributed by atoms with Gasteiger partial charge >= 0.3 is 6.09 Å². The summed E-state index contributed by atoms with van der Waals surface area (Å²) >= 11 is 0. The first kappa shape index (κ1) is 13.3. The van der Waals surface area contributed by atoms with Crippen LogP contribution in [0.15, 0.2) is 0 Å². The molecule has 0 radical (unpaired) electrons. The summed E-state index contributed by atoms with van der Waals surface area (Å²) in [5, 5.41) is 3.41. The molecule has 1 heterocycles. The highest BCUT2D eigenvalue weighted by atomic mass is 16.6. The van der Waals surface area contributed by atoms with Crippen LogP contribution in [0, 0.1) is 0 Å². The third-order valence-corrected chi connectivity index (χ3v) is 2.91. The van der Waals surface area contributed by atoms with Crippen LogP contribution in [0.2, 0.25) is 0 Å². The number of carbonyl (C=O) groups excluding carboxylic acids is 1. The van der Waals surface area contributed by atoms with Crippen LogP contribution in [0.1, 0.15) is 39.5 Å². The Hall–Kier alpha value is -0.770. The first-order valence-electron chi connectivity index (χ1n) is 6.43. The Morgan fingerprint density at radius 3 is 2.88 bits per heavy atom. The molecule has 0 aliphatic carbocycles. The number of amides is 1. The van der Waals surface area contributed by atoms with E-state index >= 15 is 0 Å². The lowest BCUT2D eigenvalue weighted by atomic mass is 10.2. The number of rotatable bonds is 6. The standard InChI is InChI=1S/C12H24N2O2/c1-3-5-9-14(12(15)16-4-2)10-11-7-6-8-13-11/h11,13H,3-10H2,1-2H3. The van der Waals surface area contributed by atoms with Crippen molar-refractivity contribution in [2.75, 3.05) is 26.2 Å². The van der Waals surface area contributed by atoms with Gasteiger partial charge in [-0.25, -0.2) is 4.79 Å². The molecule has 1 amide bonds. The van der Waals surface area contributed by atoms with Crippen LogP contribution in [-0.2, 0) is 4.74 Å². The quantitative estimate of drug-likeness (QED) is 0.756. The maximum absolute atomic E-state index is 11.7. The molecule has 94 valence electrons. The molecule has 1 aliphatic heterocycles. The predicted molar refractivity (Wildman–Crippen MR) is 64.5 cm³/mol. The molecule has 1 rings (SSSR count). The summed E-state index contributed by atoms with van der Waals surface area (Å²) < 4.78 is 5.07. The number of hydrogen-bond donors (Lipinski definition) is 1. The van der Waals surface area contributed by atoms with E-state index in [-0.39, 0.29) is 6.09 Å². The molecule has 0 aromatic rings. The Morgan fingerprint density at radius 2 is 2.31 bits per heavy atom. The lowest BCUT2D eigenvalue weighted by Crippen LogP contribution is -2.41. The van der Waals surface area contributed by atoms with E-state index in [2.05, 4.69) is 12.2 Å². The minimum atomic E-state index is -0.162. The predicted octanol–water partition coefficient (Wildman–Crippen LogP) is 2.00. The SMILES string of the molecule is CCCCN(CC1CCCN1)C(=O)OCC. The Bertz CT molecular complexity index is 203. The number of unbranched alkanes of at least 4 members (excludes halogenated alkanes) is 1. The number of hydrogen-bond acceptors (Lipinski definition) is 3. The number of carbonyl (C=O) groups is 1. The van der Waals surface area contributed by atoms with Gasteiger partial charge in [-0.05, 0) is 32.7 Å². The van der Waals surface area contributed by atoms with Gasteiger partial charge in [-0.1, -0.05) is 13.3 Å². The Morgan fingerprint density at radius 1 is 1.50 bits per heavy atom. The lowest BCUT2D eigenvalue weighted by Gasteiger charge is -2.24. The smallest absolute Gasteiger partial charge is 0.409 e. The molecular formula is C12H24N2O2. The fourth-order valence-corrected chi connectivity index (χ4v) is 2.00. The first-order valence-corrected chi connectivity index (χ1v) is 6.43. The van der Waals surface area contributed by atoms with Gasteiger partial charge in [0.15, 0.2) is 0 Å². The molecule has 4 nitrogen and oxygen atoms in total. The molecule has 1 unspecified atom stereocenters. The van der Waals surface area contributed by atoms with E-state index in [9.17, 15) is 4.79 Å². The van der Waals surface area contributed by atoms with E-state index in [1.54, 1.807) is 0 Å². The molecule has 1 N–H and O–H groups in total. The second-order valence-electron chi connectivity index (χ2n) is 4.29. The largest absolute Gasteiger partial charge is 0.450 e. The van der Waals surface area contributed by atoms with Gasteiger partial charge in [0, 0.05) is 19.1 Å². The van der Waals surface area contributed by atoms with Crippen molar-refractivity contribution in [2.24, 2.45) is 0 Å². The number of nitrogens with zero attached hydrogens (tertiary/aromatic N) is 1. The van der Waals surface area contributed by atoms with E-state index in [4.69, 9.17) is 4.74 Å². The van der Waals surface area contributed by atoms with Crippen molar-refractivity contribution in [3.63, 3.8) is 0 Å². The van der Waals surface area contributed by atoms with Crippen molar-refractivity contribution in [1.82, 2.24) is 10.2 Å². The van der Waals surface area contributed by atoms with Gasteiger partial charge in [-0.2, -0.15) is 0 Å². The van der Waals surface area contributed by atoms with E-state index in [0.717, 1.165) is 32.5 Å². The zero-order valence-electron chi connectivity index (χ0n) is 10.5. The van der Waals surface area contributed by atoms with Gasteiger partial charge in [0.2, 0.25) is 0 Å². The van der Waals surface area contributed by atoms with Crippen LogP contribution in [0.25, 0.3) is 0 Å². The Kier molecular flexibility index (Phi) is 6.23. The van der Waals surface area contributed by atoms with E-state index < -0.39 is 0 Å². The summed E-state index contributed by atoms with van der Waals surface area (Å²) in [6.45, 7) is 7.13. The molecule has 16 heavy (non-hydrogen) atoms. The molecule has 0 saturated carbocycles. The lowest BCUT2D eigenvalue weighted by molar-refractivity contribution is 0.103. The highest BCUT2D eigenvalue weighted by molar-refractivity contribution is 5.67. The van der Waals surface area contributed by atoms with Crippen molar-refractivity contribution in [3.8, 4) is 0 Å². The maximum atomic E-state index is 11.7. The number of nitrogens with one attached hydrogen (secondary N) is 1. The average molecular weight is 228 g/mol.